The van der Waals surface area contributed by atoms with E-state index in [1.54, 1.807) is 12.1 Å². The number of likely N-dealkylation sites (tertiary alicyclic amines) is 1. The fourth-order valence-corrected chi connectivity index (χ4v) is 2.72. The Morgan fingerprint density at radius 3 is 2.43 bits per heavy atom. The van der Waals surface area contributed by atoms with E-state index >= 15 is 0 Å². The van der Waals surface area contributed by atoms with Gasteiger partial charge in [0.15, 0.2) is 0 Å². The number of benzene rings is 1. The first-order chi connectivity index (χ1) is 11.0. The van der Waals surface area contributed by atoms with Crippen molar-refractivity contribution in [2.24, 2.45) is 5.92 Å². The predicted molar refractivity (Wildman–Crippen MR) is 79.7 cm³/mol. The number of piperidine rings is 1. The molecule has 7 nitrogen and oxygen atoms in total. The molecule has 7 heteroatoms. The maximum Gasteiger partial charge on any atom is 0.410 e. The lowest BCUT2D eigenvalue weighted by Gasteiger charge is -2.36. The molecule has 1 aromatic carbocycles. The highest BCUT2D eigenvalue weighted by atomic mass is 16.6. The van der Waals surface area contributed by atoms with Gasteiger partial charge >= 0.3 is 18.0 Å². The summed E-state index contributed by atoms with van der Waals surface area (Å²) < 4.78 is 5.18. The van der Waals surface area contributed by atoms with E-state index in [0.29, 0.717) is 6.42 Å². The average molecular weight is 321 g/mol. The van der Waals surface area contributed by atoms with Crippen LogP contribution in [0.3, 0.4) is 0 Å². The quantitative estimate of drug-likeness (QED) is 0.859. The summed E-state index contributed by atoms with van der Waals surface area (Å²) in [5, 5.41) is 18.1. The van der Waals surface area contributed by atoms with Gasteiger partial charge in [0.25, 0.3) is 0 Å². The molecule has 1 amide bonds. The largest absolute Gasteiger partial charge is 0.481 e. The van der Waals surface area contributed by atoms with Crippen molar-refractivity contribution >= 4 is 18.0 Å². The Balaban J connectivity index is 2.00. The SMILES string of the molecule is O=C(O)C[C@H]1CC[C@H](C(=O)O)N(C(=O)OCc2ccccc2)C1. The Morgan fingerprint density at radius 1 is 1.13 bits per heavy atom. The molecule has 124 valence electrons. The summed E-state index contributed by atoms with van der Waals surface area (Å²) in [6.07, 6.45) is -0.120. The van der Waals surface area contributed by atoms with Crippen molar-refractivity contribution in [1.82, 2.24) is 4.90 Å². The number of carbonyl (C=O) groups excluding carboxylic acids is 1. The summed E-state index contributed by atoms with van der Waals surface area (Å²) in [5.74, 6) is -2.32. The highest BCUT2D eigenvalue weighted by molar-refractivity contribution is 5.80. The molecule has 2 atom stereocenters. The Hall–Kier alpha value is -2.57. The third-order valence-corrected chi connectivity index (χ3v) is 3.87. The van der Waals surface area contributed by atoms with Gasteiger partial charge in [-0.25, -0.2) is 9.59 Å². The molecule has 0 aliphatic carbocycles. The second-order valence-corrected chi connectivity index (χ2v) is 5.59. The zero-order valence-corrected chi connectivity index (χ0v) is 12.6. The van der Waals surface area contributed by atoms with E-state index in [4.69, 9.17) is 9.84 Å². The lowest BCUT2D eigenvalue weighted by atomic mass is 9.90. The van der Waals surface area contributed by atoms with Crippen LogP contribution < -0.4 is 0 Å². The number of rotatable bonds is 5. The molecule has 2 rings (SSSR count). The summed E-state index contributed by atoms with van der Waals surface area (Å²) in [6.45, 7) is 0.128. The van der Waals surface area contributed by atoms with E-state index in [1.165, 1.54) is 0 Å². The van der Waals surface area contributed by atoms with Crippen LogP contribution in [0.25, 0.3) is 0 Å². The molecule has 2 N–H and O–H groups in total. The molecule has 1 fully saturated rings. The highest BCUT2D eigenvalue weighted by Gasteiger charge is 2.37. The van der Waals surface area contributed by atoms with Crippen molar-refractivity contribution in [3.8, 4) is 0 Å². The van der Waals surface area contributed by atoms with E-state index in [2.05, 4.69) is 0 Å². The normalized spacial score (nSPS) is 20.8. The van der Waals surface area contributed by atoms with Gasteiger partial charge in [-0.15, -0.1) is 0 Å². The molecular weight excluding hydrogens is 302 g/mol. The first-order valence-electron chi connectivity index (χ1n) is 7.39. The Labute approximate surface area is 133 Å². The number of carboxylic acids is 2. The molecule has 0 unspecified atom stereocenters. The molecule has 1 saturated heterocycles. The van der Waals surface area contributed by atoms with E-state index in [9.17, 15) is 19.5 Å². The summed E-state index contributed by atoms with van der Waals surface area (Å²) in [4.78, 5) is 35.5. The van der Waals surface area contributed by atoms with Crippen molar-refractivity contribution in [2.45, 2.75) is 31.9 Å². The minimum Gasteiger partial charge on any atom is -0.481 e. The van der Waals surface area contributed by atoms with Gasteiger partial charge in [-0.3, -0.25) is 9.69 Å². The summed E-state index contributed by atoms with van der Waals surface area (Å²) in [7, 11) is 0. The first-order valence-corrected chi connectivity index (χ1v) is 7.39. The first kappa shape index (κ1) is 16.8. The minimum absolute atomic E-state index is 0.0477. The van der Waals surface area contributed by atoms with Crippen LogP contribution in [0.1, 0.15) is 24.8 Å². The van der Waals surface area contributed by atoms with Gasteiger partial charge in [0, 0.05) is 13.0 Å². The molecule has 1 heterocycles. The van der Waals surface area contributed by atoms with Crippen molar-refractivity contribution in [1.29, 1.82) is 0 Å². The van der Waals surface area contributed by atoms with Crippen molar-refractivity contribution in [2.75, 3.05) is 6.54 Å². The smallest absolute Gasteiger partial charge is 0.410 e. The van der Waals surface area contributed by atoms with Crippen molar-refractivity contribution < 1.29 is 29.3 Å². The van der Waals surface area contributed by atoms with E-state index in [1.807, 2.05) is 18.2 Å². The predicted octanol–water partition coefficient (Wildman–Crippen LogP) is 1.96. The molecule has 0 aromatic heterocycles. The average Bonchev–Trinajstić information content (AvgIpc) is 2.52. The lowest BCUT2D eigenvalue weighted by molar-refractivity contribution is -0.145. The van der Waals surface area contributed by atoms with Crippen molar-refractivity contribution in [3.05, 3.63) is 35.9 Å². The Bertz CT molecular complexity index is 573. The monoisotopic (exact) mass is 321 g/mol. The molecular formula is C16H19NO6. The fourth-order valence-electron chi connectivity index (χ4n) is 2.72. The van der Waals surface area contributed by atoms with Crippen LogP contribution in [0.4, 0.5) is 4.79 Å². The van der Waals surface area contributed by atoms with Crippen LogP contribution in [0.5, 0.6) is 0 Å². The topological polar surface area (TPSA) is 104 Å². The van der Waals surface area contributed by atoms with Crippen LogP contribution in [0.15, 0.2) is 30.3 Å². The zero-order chi connectivity index (χ0) is 16.8. The molecule has 0 radical (unpaired) electrons. The maximum absolute atomic E-state index is 12.2. The van der Waals surface area contributed by atoms with Crippen molar-refractivity contribution in [3.63, 3.8) is 0 Å². The number of carbonyl (C=O) groups is 3. The third-order valence-electron chi connectivity index (χ3n) is 3.87. The maximum atomic E-state index is 12.2. The lowest BCUT2D eigenvalue weighted by Crippen LogP contribution is -2.51. The Morgan fingerprint density at radius 2 is 1.83 bits per heavy atom. The highest BCUT2D eigenvalue weighted by Crippen LogP contribution is 2.25. The Kier molecular flexibility index (Phi) is 5.56. The second-order valence-electron chi connectivity index (χ2n) is 5.59. The van der Waals surface area contributed by atoms with Crippen LogP contribution >= 0.6 is 0 Å². The van der Waals surface area contributed by atoms with Gasteiger partial charge in [0.05, 0.1) is 0 Å². The van der Waals surface area contributed by atoms with Crippen LogP contribution in [0.2, 0.25) is 0 Å². The molecule has 0 bridgehead atoms. The number of carboxylic acid groups (broad SMARTS) is 2. The van der Waals surface area contributed by atoms with E-state index < -0.39 is 24.1 Å². The minimum atomic E-state index is -1.10. The molecule has 0 saturated carbocycles. The van der Waals surface area contributed by atoms with Gasteiger partial charge in [-0.05, 0) is 24.3 Å². The zero-order valence-electron chi connectivity index (χ0n) is 12.6. The second kappa shape index (κ2) is 7.62. The van der Waals surface area contributed by atoms with Gasteiger partial charge in [-0.2, -0.15) is 0 Å². The van der Waals surface area contributed by atoms with Gasteiger partial charge in [-0.1, -0.05) is 30.3 Å². The number of hydrogen-bond acceptors (Lipinski definition) is 4. The number of hydrogen-bond donors (Lipinski definition) is 2. The van der Waals surface area contributed by atoms with Gasteiger partial charge in [0.2, 0.25) is 0 Å². The number of aliphatic carboxylic acids is 2. The van der Waals surface area contributed by atoms with E-state index in [0.717, 1.165) is 10.5 Å². The molecule has 1 aliphatic rings. The summed E-state index contributed by atoms with van der Waals surface area (Å²) in [6, 6.07) is 8.09. The molecule has 1 aliphatic heterocycles. The number of ether oxygens (including phenoxy) is 1. The van der Waals surface area contributed by atoms with E-state index in [-0.39, 0.29) is 31.9 Å². The van der Waals surface area contributed by atoms with Crippen LogP contribution in [-0.2, 0) is 20.9 Å². The molecule has 23 heavy (non-hydrogen) atoms. The van der Waals surface area contributed by atoms with Gasteiger partial charge in [0.1, 0.15) is 12.6 Å². The summed E-state index contributed by atoms with van der Waals surface area (Å²) in [5.41, 5.74) is 0.798. The van der Waals surface area contributed by atoms with Crippen LogP contribution in [0, 0.1) is 5.92 Å². The molecule has 0 spiro atoms. The number of amides is 1. The molecule has 1 aromatic rings. The van der Waals surface area contributed by atoms with Gasteiger partial charge < -0.3 is 14.9 Å². The third kappa shape index (κ3) is 4.70. The standard InChI is InChI=1S/C16H19NO6/c18-14(19)8-12-6-7-13(15(20)21)17(9-12)16(22)23-10-11-4-2-1-3-5-11/h1-5,12-13H,6-10H2,(H,18,19)(H,20,21)/t12-,13-/m1/s1. The van der Waals surface area contributed by atoms with Crippen LogP contribution in [-0.4, -0.2) is 45.7 Å². The fraction of sp³-hybridized carbons (Fsp3) is 0.438. The summed E-state index contributed by atoms with van der Waals surface area (Å²) >= 11 is 0. The number of nitrogens with zero attached hydrogens (tertiary/aromatic N) is 1.